The van der Waals surface area contributed by atoms with Crippen LogP contribution in [-0.4, -0.2) is 41.2 Å². The lowest BCUT2D eigenvalue weighted by atomic mass is 10.4. The van der Waals surface area contributed by atoms with Crippen molar-refractivity contribution in [3.05, 3.63) is 55.2 Å². The van der Waals surface area contributed by atoms with Gasteiger partial charge in [0.1, 0.15) is 0 Å². The number of rotatable bonds is 7. The number of furan rings is 1. The molecule has 0 saturated carbocycles. The molecule has 28 heavy (non-hydrogen) atoms. The molecule has 0 aromatic carbocycles. The van der Waals surface area contributed by atoms with Gasteiger partial charge < -0.3 is 9.73 Å². The summed E-state index contributed by atoms with van der Waals surface area (Å²) in [6, 6.07) is 8.98. The Morgan fingerprint density at radius 1 is 1.21 bits per heavy atom. The lowest BCUT2D eigenvalue weighted by molar-refractivity contribution is -0.113. The summed E-state index contributed by atoms with van der Waals surface area (Å²) in [6.45, 7) is 2.66. The normalized spacial score (nSPS) is 10.9. The molecule has 0 spiro atoms. The van der Waals surface area contributed by atoms with Crippen LogP contribution in [0.3, 0.4) is 0 Å². The summed E-state index contributed by atoms with van der Waals surface area (Å²) in [5.74, 6) is 1.86. The number of hydrogen-bond acceptors (Lipinski definition) is 7. The molecule has 0 radical (unpaired) electrons. The van der Waals surface area contributed by atoms with Gasteiger partial charge in [-0.3, -0.25) is 9.36 Å². The topological polar surface area (TPSA) is 104 Å². The first-order valence-electron chi connectivity index (χ1n) is 8.61. The van der Waals surface area contributed by atoms with Crippen LogP contribution < -0.4 is 5.32 Å². The number of hydrogen-bond donors (Lipinski definition) is 1. The monoisotopic (exact) mass is 395 g/mol. The molecule has 10 heteroatoms. The Kier molecular flexibility index (Phi) is 5.20. The molecule has 4 aromatic rings. The number of nitrogens with one attached hydrogen (secondary N) is 1. The predicted molar refractivity (Wildman–Crippen MR) is 104 cm³/mol. The minimum atomic E-state index is -0.170. The molecule has 0 fully saturated rings. The molecular formula is C18H17N7O2S. The van der Waals surface area contributed by atoms with E-state index in [9.17, 15) is 4.79 Å². The maximum atomic E-state index is 12.5. The van der Waals surface area contributed by atoms with Crippen molar-refractivity contribution in [2.24, 2.45) is 0 Å². The van der Waals surface area contributed by atoms with E-state index < -0.39 is 0 Å². The largest absolute Gasteiger partial charge is 0.461 e. The van der Waals surface area contributed by atoms with E-state index in [4.69, 9.17) is 4.42 Å². The number of pyridine rings is 1. The van der Waals surface area contributed by atoms with Gasteiger partial charge in [0, 0.05) is 25.1 Å². The molecular weight excluding hydrogens is 378 g/mol. The van der Waals surface area contributed by atoms with Gasteiger partial charge in [-0.05, 0) is 37.3 Å². The van der Waals surface area contributed by atoms with Gasteiger partial charge in [-0.25, -0.2) is 9.67 Å². The number of thioether (sulfide) groups is 1. The Hall–Kier alpha value is -3.40. The van der Waals surface area contributed by atoms with Gasteiger partial charge in [0.25, 0.3) is 0 Å². The van der Waals surface area contributed by atoms with Crippen molar-refractivity contribution < 1.29 is 9.21 Å². The van der Waals surface area contributed by atoms with Crippen molar-refractivity contribution in [3.63, 3.8) is 0 Å². The molecule has 142 valence electrons. The first-order chi connectivity index (χ1) is 13.8. The van der Waals surface area contributed by atoms with E-state index in [1.54, 1.807) is 53.8 Å². The zero-order chi connectivity index (χ0) is 19.3. The second-order valence-corrected chi connectivity index (χ2v) is 6.63. The summed E-state index contributed by atoms with van der Waals surface area (Å²) in [5.41, 5.74) is 0.588. The zero-order valence-electron chi connectivity index (χ0n) is 15.0. The van der Waals surface area contributed by atoms with Gasteiger partial charge >= 0.3 is 0 Å². The standard InChI is InChI=1S/C18H17N7O2S/c1-2-24-17(14-7-4-11-27-14)22-23-18(24)28-12-15(26)21-13-6-3-8-19-16(13)25-10-5-9-20-25/h3-11H,2,12H2,1H3,(H,21,26). The Labute approximate surface area is 164 Å². The Morgan fingerprint density at radius 2 is 2.14 bits per heavy atom. The third kappa shape index (κ3) is 3.67. The maximum absolute atomic E-state index is 12.5. The molecule has 0 aliphatic heterocycles. The smallest absolute Gasteiger partial charge is 0.234 e. The van der Waals surface area contributed by atoms with Gasteiger partial charge in [-0.1, -0.05) is 11.8 Å². The molecule has 0 atom stereocenters. The molecule has 1 amide bonds. The number of nitrogens with zero attached hydrogens (tertiary/aromatic N) is 6. The highest BCUT2D eigenvalue weighted by Crippen LogP contribution is 2.24. The number of anilines is 1. The summed E-state index contributed by atoms with van der Waals surface area (Å²) in [4.78, 5) is 16.8. The Balaban J connectivity index is 1.45. The number of amides is 1. The van der Waals surface area contributed by atoms with Crippen molar-refractivity contribution in [1.82, 2.24) is 29.5 Å². The van der Waals surface area contributed by atoms with Gasteiger partial charge in [0.05, 0.1) is 17.7 Å². The van der Waals surface area contributed by atoms with Crippen molar-refractivity contribution in [1.29, 1.82) is 0 Å². The SMILES string of the molecule is CCn1c(SCC(=O)Nc2cccnc2-n2cccn2)nnc1-c1ccco1. The number of carbonyl (C=O) groups is 1. The highest BCUT2D eigenvalue weighted by Gasteiger charge is 2.17. The highest BCUT2D eigenvalue weighted by molar-refractivity contribution is 7.99. The minimum absolute atomic E-state index is 0.170. The predicted octanol–water partition coefficient (Wildman–Crippen LogP) is 2.87. The number of aromatic nitrogens is 6. The molecule has 1 N–H and O–H groups in total. The van der Waals surface area contributed by atoms with Gasteiger partial charge in [-0.2, -0.15) is 5.10 Å². The van der Waals surface area contributed by atoms with E-state index in [-0.39, 0.29) is 11.7 Å². The maximum Gasteiger partial charge on any atom is 0.234 e. The molecule has 0 unspecified atom stereocenters. The summed E-state index contributed by atoms with van der Waals surface area (Å²) < 4.78 is 8.92. The number of carbonyl (C=O) groups excluding carboxylic acids is 1. The molecule has 0 aliphatic rings. The van der Waals surface area contributed by atoms with Crippen LogP contribution in [0.5, 0.6) is 0 Å². The van der Waals surface area contributed by atoms with E-state index in [0.29, 0.717) is 34.8 Å². The van der Waals surface area contributed by atoms with E-state index in [1.807, 2.05) is 17.6 Å². The van der Waals surface area contributed by atoms with Crippen molar-refractivity contribution in [2.45, 2.75) is 18.6 Å². The highest BCUT2D eigenvalue weighted by atomic mass is 32.2. The van der Waals surface area contributed by atoms with Crippen LogP contribution >= 0.6 is 11.8 Å². The molecule has 9 nitrogen and oxygen atoms in total. The second kappa shape index (κ2) is 8.09. The van der Waals surface area contributed by atoms with Crippen LogP contribution in [0.4, 0.5) is 5.69 Å². The lowest BCUT2D eigenvalue weighted by Gasteiger charge is -2.10. The average Bonchev–Trinajstić information content (AvgIpc) is 3.48. The summed E-state index contributed by atoms with van der Waals surface area (Å²) in [7, 11) is 0. The molecule has 0 aliphatic carbocycles. The fourth-order valence-electron chi connectivity index (χ4n) is 2.66. The summed E-state index contributed by atoms with van der Waals surface area (Å²) in [5, 5.41) is 16.1. The van der Waals surface area contributed by atoms with Crippen LogP contribution in [0.1, 0.15) is 6.92 Å². The van der Waals surface area contributed by atoms with Crippen LogP contribution in [0.25, 0.3) is 17.4 Å². The van der Waals surface area contributed by atoms with E-state index in [0.717, 1.165) is 0 Å². The first-order valence-corrected chi connectivity index (χ1v) is 9.59. The summed E-state index contributed by atoms with van der Waals surface area (Å²) >= 11 is 1.31. The van der Waals surface area contributed by atoms with Crippen molar-refractivity contribution in [3.8, 4) is 17.4 Å². The van der Waals surface area contributed by atoms with E-state index in [2.05, 4.69) is 25.6 Å². The lowest BCUT2D eigenvalue weighted by Crippen LogP contribution is -2.17. The molecule has 0 saturated heterocycles. The molecule has 4 aromatic heterocycles. The van der Waals surface area contributed by atoms with Gasteiger partial charge in [0.15, 0.2) is 22.6 Å². The second-order valence-electron chi connectivity index (χ2n) is 5.69. The summed E-state index contributed by atoms with van der Waals surface area (Å²) in [6.07, 6.45) is 6.67. The van der Waals surface area contributed by atoms with Gasteiger partial charge in [-0.15, -0.1) is 10.2 Å². The van der Waals surface area contributed by atoms with Crippen LogP contribution in [0, 0.1) is 0 Å². The van der Waals surface area contributed by atoms with Crippen LogP contribution in [-0.2, 0) is 11.3 Å². The van der Waals surface area contributed by atoms with Gasteiger partial charge in [0.2, 0.25) is 5.91 Å². The van der Waals surface area contributed by atoms with E-state index in [1.165, 1.54) is 11.8 Å². The van der Waals surface area contributed by atoms with Crippen molar-refractivity contribution >= 4 is 23.4 Å². The van der Waals surface area contributed by atoms with Crippen LogP contribution in [0.15, 0.2) is 64.8 Å². The zero-order valence-corrected chi connectivity index (χ0v) is 15.8. The molecule has 0 bridgehead atoms. The van der Waals surface area contributed by atoms with Crippen molar-refractivity contribution in [2.75, 3.05) is 11.1 Å². The Bertz CT molecular complexity index is 1060. The third-order valence-corrected chi connectivity index (χ3v) is 4.86. The average molecular weight is 395 g/mol. The Morgan fingerprint density at radius 3 is 2.89 bits per heavy atom. The quantitative estimate of drug-likeness (QED) is 0.480. The van der Waals surface area contributed by atoms with E-state index >= 15 is 0 Å². The van der Waals surface area contributed by atoms with Crippen LogP contribution in [0.2, 0.25) is 0 Å². The minimum Gasteiger partial charge on any atom is -0.461 e. The fourth-order valence-corrected chi connectivity index (χ4v) is 3.46. The fraction of sp³-hybridized carbons (Fsp3) is 0.167. The first kappa shape index (κ1) is 18.0. The third-order valence-electron chi connectivity index (χ3n) is 3.89. The molecule has 4 rings (SSSR count). The molecule has 4 heterocycles.